The molecule has 0 bridgehead atoms. The van der Waals surface area contributed by atoms with Crippen molar-refractivity contribution in [3.05, 3.63) is 29.3 Å². The first-order valence-electron chi connectivity index (χ1n) is 5.82. The molecule has 1 aromatic carbocycles. The van der Waals surface area contributed by atoms with E-state index in [4.69, 9.17) is 0 Å². The van der Waals surface area contributed by atoms with Crippen LogP contribution in [-0.2, 0) is 6.42 Å². The van der Waals surface area contributed by atoms with Gasteiger partial charge in [-0.25, -0.2) is 4.79 Å². The smallest absolute Gasteiger partial charge is 0.407 e. The van der Waals surface area contributed by atoms with Gasteiger partial charge in [0.05, 0.1) is 6.04 Å². The van der Waals surface area contributed by atoms with Crippen LogP contribution < -0.4 is 0 Å². The summed E-state index contributed by atoms with van der Waals surface area (Å²) < 4.78 is 0. The fraction of sp³-hybridized carbons (Fsp3) is 0.462. The van der Waals surface area contributed by atoms with Crippen molar-refractivity contribution < 1.29 is 15.0 Å². The molecule has 1 aromatic rings. The number of aromatic hydroxyl groups is 1. The molecule has 0 fully saturated rings. The highest BCUT2D eigenvalue weighted by Crippen LogP contribution is 2.39. The number of carbonyl (C=O) groups is 1. The highest BCUT2D eigenvalue weighted by molar-refractivity contribution is 5.67. The van der Waals surface area contributed by atoms with Gasteiger partial charge in [0.25, 0.3) is 0 Å². The summed E-state index contributed by atoms with van der Waals surface area (Å²) in [7, 11) is 0. The number of phenolic OH excluding ortho intramolecular Hbond substituents is 1. The first-order valence-corrected chi connectivity index (χ1v) is 5.82. The summed E-state index contributed by atoms with van der Waals surface area (Å²) in [4.78, 5) is 12.7. The first kappa shape index (κ1) is 11.8. The van der Waals surface area contributed by atoms with Crippen molar-refractivity contribution >= 4 is 6.09 Å². The second-order valence-electron chi connectivity index (χ2n) is 4.76. The van der Waals surface area contributed by atoms with Crippen LogP contribution in [0.5, 0.6) is 5.75 Å². The number of nitrogens with zero attached hydrogens (tertiary/aromatic N) is 1. The number of benzene rings is 1. The molecule has 0 saturated carbocycles. The van der Waals surface area contributed by atoms with Crippen LogP contribution in [0, 0.1) is 5.92 Å². The van der Waals surface area contributed by atoms with Crippen LogP contribution in [0.2, 0.25) is 0 Å². The Morgan fingerprint density at radius 2 is 2.18 bits per heavy atom. The molecule has 17 heavy (non-hydrogen) atoms. The number of hydrogen-bond donors (Lipinski definition) is 2. The zero-order valence-electron chi connectivity index (χ0n) is 10.1. The Balaban J connectivity index is 2.52. The molecule has 2 rings (SSSR count). The van der Waals surface area contributed by atoms with E-state index in [0.717, 1.165) is 11.1 Å². The fourth-order valence-electron chi connectivity index (χ4n) is 2.60. The van der Waals surface area contributed by atoms with Gasteiger partial charge in [-0.05, 0) is 24.0 Å². The van der Waals surface area contributed by atoms with Gasteiger partial charge >= 0.3 is 6.09 Å². The quantitative estimate of drug-likeness (QED) is 0.786. The molecular formula is C13H17NO3. The predicted molar refractivity (Wildman–Crippen MR) is 64.1 cm³/mol. The molecule has 92 valence electrons. The SMILES string of the molecule is CC(C)[C@H]1c2c(O)cccc2CCN1C(=O)O. The molecular weight excluding hydrogens is 218 g/mol. The normalized spacial score (nSPS) is 19.2. The van der Waals surface area contributed by atoms with E-state index in [-0.39, 0.29) is 17.7 Å². The Morgan fingerprint density at radius 1 is 1.47 bits per heavy atom. The van der Waals surface area contributed by atoms with Gasteiger partial charge in [-0.1, -0.05) is 26.0 Å². The third-order valence-electron chi connectivity index (χ3n) is 3.30. The molecule has 1 amide bonds. The fourth-order valence-corrected chi connectivity index (χ4v) is 2.60. The van der Waals surface area contributed by atoms with Crippen molar-refractivity contribution in [2.75, 3.05) is 6.54 Å². The van der Waals surface area contributed by atoms with E-state index >= 15 is 0 Å². The molecule has 1 aliphatic heterocycles. The highest BCUT2D eigenvalue weighted by Gasteiger charge is 2.34. The molecule has 4 nitrogen and oxygen atoms in total. The van der Waals surface area contributed by atoms with Crippen LogP contribution in [-0.4, -0.2) is 27.8 Å². The predicted octanol–water partition coefficient (Wildman–Crippen LogP) is 2.63. The van der Waals surface area contributed by atoms with E-state index in [2.05, 4.69) is 0 Å². The van der Waals surface area contributed by atoms with Gasteiger partial charge in [0.2, 0.25) is 0 Å². The zero-order chi connectivity index (χ0) is 12.6. The molecule has 0 aromatic heterocycles. The molecule has 4 heteroatoms. The molecule has 1 atom stereocenters. The number of amides is 1. The second-order valence-corrected chi connectivity index (χ2v) is 4.76. The van der Waals surface area contributed by atoms with Crippen LogP contribution in [0.3, 0.4) is 0 Å². The molecule has 0 saturated heterocycles. The van der Waals surface area contributed by atoms with E-state index in [1.54, 1.807) is 6.07 Å². The zero-order valence-corrected chi connectivity index (χ0v) is 10.1. The number of phenols is 1. The van der Waals surface area contributed by atoms with Gasteiger partial charge in [0, 0.05) is 12.1 Å². The maximum atomic E-state index is 11.2. The van der Waals surface area contributed by atoms with Crippen LogP contribution in [0.1, 0.15) is 31.0 Å². The summed E-state index contributed by atoms with van der Waals surface area (Å²) in [5.74, 6) is 0.339. The lowest BCUT2D eigenvalue weighted by atomic mass is 9.86. The molecule has 1 aliphatic rings. The monoisotopic (exact) mass is 235 g/mol. The maximum absolute atomic E-state index is 11.2. The van der Waals surface area contributed by atoms with Gasteiger partial charge in [-0.2, -0.15) is 0 Å². The topological polar surface area (TPSA) is 60.8 Å². The van der Waals surface area contributed by atoms with Crippen molar-refractivity contribution in [3.63, 3.8) is 0 Å². The minimum Gasteiger partial charge on any atom is -0.508 e. The minimum absolute atomic E-state index is 0.137. The van der Waals surface area contributed by atoms with Gasteiger partial charge < -0.3 is 15.1 Å². The van der Waals surface area contributed by atoms with E-state index in [0.29, 0.717) is 13.0 Å². The summed E-state index contributed by atoms with van der Waals surface area (Å²) in [5.41, 5.74) is 1.83. The summed E-state index contributed by atoms with van der Waals surface area (Å²) >= 11 is 0. The van der Waals surface area contributed by atoms with Gasteiger partial charge in [0.15, 0.2) is 0 Å². The Kier molecular flexibility index (Phi) is 2.96. The van der Waals surface area contributed by atoms with E-state index < -0.39 is 6.09 Å². The summed E-state index contributed by atoms with van der Waals surface area (Å²) in [5, 5.41) is 19.2. The average Bonchev–Trinajstić information content (AvgIpc) is 2.27. The van der Waals surface area contributed by atoms with Crippen LogP contribution in [0.25, 0.3) is 0 Å². The van der Waals surface area contributed by atoms with Crippen molar-refractivity contribution in [1.82, 2.24) is 4.90 Å². The number of rotatable bonds is 1. The third-order valence-corrected chi connectivity index (χ3v) is 3.30. The van der Waals surface area contributed by atoms with Crippen LogP contribution in [0.4, 0.5) is 4.79 Å². The molecule has 0 radical (unpaired) electrons. The lowest BCUT2D eigenvalue weighted by Gasteiger charge is -2.38. The van der Waals surface area contributed by atoms with Crippen molar-refractivity contribution in [2.24, 2.45) is 5.92 Å². The van der Waals surface area contributed by atoms with Crippen molar-refractivity contribution in [3.8, 4) is 5.75 Å². The first-order chi connectivity index (χ1) is 8.02. The summed E-state index contributed by atoms with van der Waals surface area (Å²) in [6, 6.07) is 5.14. The second kappa shape index (κ2) is 4.28. The Morgan fingerprint density at radius 3 is 2.76 bits per heavy atom. The highest BCUT2D eigenvalue weighted by atomic mass is 16.4. The Hall–Kier alpha value is -1.71. The summed E-state index contributed by atoms with van der Waals surface area (Å²) in [6.45, 7) is 4.44. The maximum Gasteiger partial charge on any atom is 0.407 e. The standard InChI is InChI=1S/C13H17NO3/c1-8(2)12-11-9(4-3-5-10(11)15)6-7-14(12)13(16)17/h3-5,8,12,15H,6-7H2,1-2H3,(H,16,17)/t12-/m0/s1. The lowest BCUT2D eigenvalue weighted by Crippen LogP contribution is -2.41. The van der Waals surface area contributed by atoms with E-state index in [1.165, 1.54) is 4.90 Å². The van der Waals surface area contributed by atoms with Crippen LogP contribution >= 0.6 is 0 Å². The lowest BCUT2D eigenvalue weighted by molar-refractivity contribution is 0.103. The summed E-state index contributed by atoms with van der Waals surface area (Å²) in [6.07, 6.45) is -0.253. The number of carboxylic acid groups (broad SMARTS) is 1. The van der Waals surface area contributed by atoms with Gasteiger partial charge in [-0.3, -0.25) is 0 Å². The molecule has 0 aliphatic carbocycles. The number of fused-ring (bicyclic) bond motifs is 1. The molecule has 0 spiro atoms. The molecule has 0 unspecified atom stereocenters. The van der Waals surface area contributed by atoms with Crippen LogP contribution in [0.15, 0.2) is 18.2 Å². The molecule has 2 N–H and O–H groups in total. The minimum atomic E-state index is -0.919. The third kappa shape index (κ3) is 1.95. The van der Waals surface area contributed by atoms with Gasteiger partial charge in [-0.15, -0.1) is 0 Å². The average molecular weight is 235 g/mol. The Bertz CT molecular complexity index is 442. The number of hydrogen-bond acceptors (Lipinski definition) is 2. The van der Waals surface area contributed by atoms with Crippen molar-refractivity contribution in [1.29, 1.82) is 0 Å². The largest absolute Gasteiger partial charge is 0.508 e. The van der Waals surface area contributed by atoms with E-state index in [9.17, 15) is 15.0 Å². The van der Waals surface area contributed by atoms with E-state index in [1.807, 2.05) is 26.0 Å². The molecule has 1 heterocycles. The Labute approximate surface area is 100 Å². The van der Waals surface area contributed by atoms with Crippen molar-refractivity contribution in [2.45, 2.75) is 26.3 Å². The van der Waals surface area contributed by atoms with Gasteiger partial charge in [0.1, 0.15) is 5.75 Å².